The Hall–Kier alpha value is -1.75. The minimum Gasteiger partial charge on any atom is -0.454 e. The van der Waals surface area contributed by atoms with Crippen LogP contribution in [0.2, 0.25) is 0 Å². The molecular weight excluding hydrogens is 304 g/mol. The van der Waals surface area contributed by atoms with Crippen LogP contribution in [0.4, 0.5) is 0 Å². The summed E-state index contributed by atoms with van der Waals surface area (Å²) in [6.07, 6.45) is 5.88. The topological polar surface area (TPSA) is 64.8 Å². The zero-order valence-electron chi connectivity index (χ0n) is 14.5. The van der Waals surface area contributed by atoms with Crippen LogP contribution in [0, 0.1) is 5.92 Å². The van der Waals surface area contributed by atoms with Gasteiger partial charge in [-0.3, -0.25) is 4.79 Å². The predicted octanol–water partition coefficient (Wildman–Crippen LogP) is 3.06. The van der Waals surface area contributed by atoms with Crippen LogP contribution < -0.4 is 15.2 Å². The molecule has 1 saturated carbocycles. The highest BCUT2D eigenvalue weighted by molar-refractivity contribution is 5.76. The molecule has 132 valence electrons. The van der Waals surface area contributed by atoms with Crippen LogP contribution in [0.25, 0.3) is 0 Å². The number of carbonyl (C=O) groups is 1. The number of benzene rings is 1. The zero-order valence-corrected chi connectivity index (χ0v) is 14.5. The third-order valence-electron chi connectivity index (χ3n) is 5.13. The van der Waals surface area contributed by atoms with Gasteiger partial charge in [-0.15, -0.1) is 0 Å². The van der Waals surface area contributed by atoms with Crippen molar-refractivity contribution in [1.29, 1.82) is 0 Å². The quantitative estimate of drug-likeness (QED) is 0.869. The van der Waals surface area contributed by atoms with E-state index in [9.17, 15) is 4.79 Å². The molecule has 0 atom stereocenters. The summed E-state index contributed by atoms with van der Waals surface area (Å²) in [7, 11) is 0. The van der Waals surface area contributed by atoms with Gasteiger partial charge in [0.15, 0.2) is 11.5 Å². The molecule has 1 aliphatic heterocycles. The van der Waals surface area contributed by atoms with Gasteiger partial charge in [0.1, 0.15) is 0 Å². The van der Waals surface area contributed by atoms with Gasteiger partial charge in [-0.25, -0.2) is 0 Å². The van der Waals surface area contributed by atoms with Gasteiger partial charge >= 0.3 is 0 Å². The van der Waals surface area contributed by atoms with Crippen LogP contribution in [0.3, 0.4) is 0 Å². The minimum absolute atomic E-state index is 0.220. The molecule has 5 heteroatoms. The van der Waals surface area contributed by atoms with Gasteiger partial charge in [0.25, 0.3) is 0 Å². The van der Waals surface area contributed by atoms with Gasteiger partial charge in [-0.1, -0.05) is 13.0 Å². The number of fused-ring (bicyclic) bond motifs is 1. The Morgan fingerprint density at radius 2 is 1.96 bits per heavy atom. The standard InChI is InChI=1S/C19H28N2O3/c1-14-4-7-16(8-5-14)21(19(22)3-2-10-20)12-15-6-9-17-18(11-15)24-13-23-17/h6,9,11,14,16H,2-5,7-8,10,12-13,20H2,1H3. The highest BCUT2D eigenvalue weighted by atomic mass is 16.7. The summed E-state index contributed by atoms with van der Waals surface area (Å²) in [5, 5.41) is 0. The Morgan fingerprint density at radius 1 is 1.21 bits per heavy atom. The second-order valence-electron chi connectivity index (χ2n) is 7.02. The Morgan fingerprint density at radius 3 is 2.71 bits per heavy atom. The van der Waals surface area contributed by atoms with E-state index in [4.69, 9.17) is 15.2 Å². The fourth-order valence-electron chi connectivity index (χ4n) is 3.61. The summed E-state index contributed by atoms with van der Waals surface area (Å²) in [4.78, 5) is 14.8. The number of ether oxygens (including phenoxy) is 2. The van der Waals surface area contributed by atoms with Crippen molar-refractivity contribution in [2.24, 2.45) is 11.7 Å². The van der Waals surface area contributed by atoms with Crippen LogP contribution in [0.5, 0.6) is 11.5 Å². The molecule has 1 aliphatic carbocycles. The van der Waals surface area contributed by atoms with Gasteiger partial charge in [0, 0.05) is 19.0 Å². The summed E-state index contributed by atoms with van der Waals surface area (Å²) in [6.45, 7) is 3.78. The summed E-state index contributed by atoms with van der Waals surface area (Å²) in [5.74, 6) is 2.55. The smallest absolute Gasteiger partial charge is 0.231 e. The largest absolute Gasteiger partial charge is 0.454 e. The third-order valence-corrected chi connectivity index (χ3v) is 5.13. The zero-order chi connectivity index (χ0) is 16.9. The van der Waals surface area contributed by atoms with E-state index in [0.717, 1.165) is 42.2 Å². The number of carbonyl (C=O) groups excluding carboxylic acids is 1. The van der Waals surface area contributed by atoms with Gasteiger partial charge in [-0.05, 0) is 62.3 Å². The molecule has 1 aromatic carbocycles. The molecule has 24 heavy (non-hydrogen) atoms. The predicted molar refractivity (Wildman–Crippen MR) is 92.8 cm³/mol. The van der Waals surface area contributed by atoms with E-state index in [-0.39, 0.29) is 12.7 Å². The highest BCUT2D eigenvalue weighted by Crippen LogP contribution is 2.34. The Balaban J connectivity index is 1.72. The van der Waals surface area contributed by atoms with E-state index in [0.29, 0.717) is 25.6 Å². The lowest BCUT2D eigenvalue weighted by atomic mass is 9.86. The SMILES string of the molecule is CC1CCC(N(Cc2ccc3c(c2)OCO3)C(=O)CCCN)CC1. The van der Waals surface area contributed by atoms with Crippen LogP contribution in [-0.4, -0.2) is 30.2 Å². The highest BCUT2D eigenvalue weighted by Gasteiger charge is 2.27. The van der Waals surface area contributed by atoms with Crippen molar-refractivity contribution in [2.75, 3.05) is 13.3 Å². The minimum atomic E-state index is 0.220. The molecule has 2 N–H and O–H groups in total. The third kappa shape index (κ3) is 4.01. The number of amides is 1. The average Bonchev–Trinajstić information content (AvgIpc) is 3.06. The van der Waals surface area contributed by atoms with Gasteiger partial charge in [0.05, 0.1) is 0 Å². The molecular formula is C19H28N2O3. The first-order valence-electron chi connectivity index (χ1n) is 9.05. The Kier molecular flexibility index (Phi) is 5.61. The summed E-state index contributed by atoms with van der Waals surface area (Å²) < 4.78 is 10.8. The molecule has 1 amide bonds. The number of hydrogen-bond donors (Lipinski definition) is 1. The number of nitrogens with zero attached hydrogens (tertiary/aromatic N) is 1. The summed E-state index contributed by atoms with van der Waals surface area (Å²) in [6, 6.07) is 6.30. The second kappa shape index (κ2) is 7.88. The maximum absolute atomic E-state index is 12.7. The average molecular weight is 332 g/mol. The summed E-state index contributed by atoms with van der Waals surface area (Å²) in [5.41, 5.74) is 6.68. The molecule has 3 rings (SSSR count). The van der Waals surface area contributed by atoms with Crippen molar-refractivity contribution in [1.82, 2.24) is 4.90 Å². The van der Waals surface area contributed by atoms with Crippen molar-refractivity contribution in [3.05, 3.63) is 23.8 Å². The number of rotatable bonds is 6. The maximum Gasteiger partial charge on any atom is 0.231 e. The number of hydrogen-bond acceptors (Lipinski definition) is 4. The molecule has 5 nitrogen and oxygen atoms in total. The first-order valence-corrected chi connectivity index (χ1v) is 9.05. The van der Waals surface area contributed by atoms with Gasteiger partial charge < -0.3 is 20.1 Å². The first kappa shape index (κ1) is 17.1. The molecule has 0 bridgehead atoms. The van der Waals surface area contributed by atoms with E-state index in [1.165, 1.54) is 12.8 Å². The van der Waals surface area contributed by atoms with E-state index in [1.54, 1.807) is 0 Å². The molecule has 2 aliphatic rings. The van der Waals surface area contributed by atoms with Crippen molar-refractivity contribution in [3.63, 3.8) is 0 Å². The molecule has 0 aromatic heterocycles. The van der Waals surface area contributed by atoms with Crippen molar-refractivity contribution >= 4 is 5.91 Å². The lowest BCUT2D eigenvalue weighted by Gasteiger charge is -2.36. The van der Waals surface area contributed by atoms with E-state index in [2.05, 4.69) is 11.8 Å². The lowest BCUT2D eigenvalue weighted by molar-refractivity contribution is -0.135. The van der Waals surface area contributed by atoms with Crippen LogP contribution in [0.1, 0.15) is 51.0 Å². The molecule has 1 fully saturated rings. The maximum atomic E-state index is 12.7. The molecule has 1 aromatic rings. The van der Waals surface area contributed by atoms with Crippen LogP contribution in [-0.2, 0) is 11.3 Å². The van der Waals surface area contributed by atoms with E-state index in [1.807, 2.05) is 18.2 Å². The van der Waals surface area contributed by atoms with E-state index < -0.39 is 0 Å². The molecule has 0 saturated heterocycles. The van der Waals surface area contributed by atoms with Gasteiger partial charge in [-0.2, -0.15) is 0 Å². The van der Waals surface area contributed by atoms with Crippen LogP contribution in [0.15, 0.2) is 18.2 Å². The first-order chi connectivity index (χ1) is 11.7. The van der Waals surface area contributed by atoms with Crippen molar-refractivity contribution < 1.29 is 14.3 Å². The molecule has 0 unspecified atom stereocenters. The van der Waals surface area contributed by atoms with Crippen LogP contribution >= 0.6 is 0 Å². The molecule has 0 radical (unpaired) electrons. The van der Waals surface area contributed by atoms with E-state index >= 15 is 0 Å². The van der Waals surface area contributed by atoms with Crippen molar-refractivity contribution in [3.8, 4) is 11.5 Å². The monoisotopic (exact) mass is 332 g/mol. The second-order valence-corrected chi connectivity index (χ2v) is 7.02. The Bertz CT molecular complexity index is 568. The molecule has 0 spiro atoms. The summed E-state index contributed by atoms with van der Waals surface area (Å²) >= 11 is 0. The van der Waals surface area contributed by atoms with Crippen molar-refractivity contribution in [2.45, 2.75) is 58.0 Å². The number of nitrogens with two attached hydrogens (primary N) is 1. The fraction of sp³-hybridized carbons (Fsp3) is 0.632. The van der Waals surface area contributed by atoms with Gasteiger partial charge in [0.2, 0.25) is 12.7 Å². The Labute approximate surface area is 144 Å². The normalized spacial score (nSPS) is 22.4. The molecule has 1 heterocycles. The fourth-order valence-corrected chi connectivity index (χ4v) is 3.61. The lowest BCUT2D eigenvalue weighted by Crippen LogP contribution is -2.41.